The zero-order valence-corrected chi connectivity index (χ0v) is 19.4. The van der Waals surface area contributed by atoms with E-state index in [1.807, 2.05) is 48.2 Å². The fourth-order valence-electron chi connectivity index (χ4n) is 4.68. The molecule has 1 N–H and O–H groups in total. The van der Waals surface area contributed by atoms with E-state index in [0.29, 0.717) is 61.3 Å². The number of carbonyl (C=O) groups is 2. The molecule has 1 aromatic carbocycles. The van der Waals surface area contributed by atoms with Crippen LogP contribution in [0.3, 0.4) is 0 Å². The summed E-state index contributed by atoms with van der Waals surface area (Å²) in [6.45, 7) is 3.07. The minimum atomic E-state index is -0.131. The molecule has 34 heavy (non-hydrogen) atoms. The number of fused-ring (bicyclic) bond motifs is 1. The summed E-state index contributed by atoms with van der Waals surface area (Å²) in [4.78, 5) is 49.3. The first kappa shape index (κ1) is 22.3. The molecule has 1 aliphatic carbocycles. The molecule has 0 spiro atoms. The highest BCUT2D eigenvalue weighted by molar-refractivity contribution is 5.92. The van der Waals surface area contributed by atoms with E-state index in [2.05, 4.69) is 10.3 Å². The number of para-hydroxylation sites is 1. The van der Waals surface area contributed by atoms with Gasteiger partial charge in [-0.2, -0.15) is 0 Å². The Morgan fingerprint density at radius 1 is 1.09 bits per heavy atom. The lowest BCUT2D eigenvalue weighted by atomic mass is 9.95. The molecule has 2 aliphatic rings. The van der Waals surface area contributed by atoms with E-state index in [9.17, 15) is 14.4 Å². The molecule has 1 aliphatic heterocycles. The van der Waals surface area contributed by atoms with E-state index >= 15 is 0 Å². The molecule has 1 saturated carbocycles. The third-order valence-corrected chi connectivity index (χ3v) is 6.74. The van der Waals surface area contributed by atoms with Crippen molar-refractivity contribution in [2.45, 2.75) is 51.5 Å². The van der Waals surface area contributed by atoms with Crippen LogP contribution in [0.25, 0.3) is 10.9 Å². The number of aryl methyl sites for hydroxylation is 2. The van der Waals surface area contributed by atoms with Crippen LogP contribution >= 0.6 is 0 Å². The zero-order valence-electron chi connectivity index (χ0n) is 19.4. The Balaban J connectivity index is 1.19. The quantitative estimate of drug-likeness (QED) is 0.610. The minimum Gasteiger partial charge on any atom is -0.343 e. The summed E-state index contributed by atoms with van der Waals surface area (Å²) in [7, 11) is 0. The van der Waals surface area contributed by atoms with Crippen LogP contribution in [0.5, 0.6) is 0 Å². The number of anilines is 1. The van der Waals surface area contributed by atoms with Gasteiger partial charge in [0.25, 0.3) is 5.56 Å². The maximum Gasteiger partial charge on any atom is 0.261 e. The van der Waals surface area contributed by atoms with Gasteiger partial charge in [-0.25, -0.2) is 9.97 Å². The lowest BCUT2D eigenvalue weighted by Gasteiger charge is -2.31. The summed E-state index contributed by atoms with van der Waals surface area (Å²) in [5, 5.41) is 3.52. The number of piperidine rings is 1. The molecule has 2 fully saturated rings. The van der Waals surface area contributed by atoms with Crippen LogP contribution in [0.15, 0.2) is 47.4 Å². The van der Waals surface area contributed by atoms with Gasteiger partial charge in [0.05, 0.1) is 10.9 Å². The average Bonchev–Trinajstić information content (AvgIpc) is 3.68. The Morgan fingerprint density at radius 2 is 1.85 bits per heavy atom. The molecule has 0 radical (unpaired) electrons. The van der Waals surface area contributed by atoms with Crippen molar-refractivity contribution in [2.24, 2.45) is 5.92 Å². The largest absolute Gasteiger partial charge is 0.343 e. The fraction of sp³-hybridized carbons (Fsp3) is 0.423. The van der Waals surface area contributed by atoms with Crippen molar-refractivity contribution in [2.75, 3.05) is 18.4 Å². The molecule has 2 aromatic heterocycles. The molecular formula is C26H29N5O3. The third-order valence-electron chi connectivity index (χ3n) is 6.74. The van der Waals surface area contributed by atoms with Crippen LogP contribution in [0.4, 0.5) is 5.82 Å². The number of nitrogens with zero attached hydrogens (tertiary/aromatic N) is 4. The van der Waals surface area contributed by atoms with Crippen molar-refractivity contribution < 1.29 is 9.59 Å². The van der Waals surface area contributed by atoms with E-state index in [1.54, 1.807) is 10.8 Å². The topological polar surface area (TPSA) is 97.2 Å². The first-order valence-electron chi connectivity index (χ1n) is 12.0. The first-order chi connectivity index (χ1) is 16.5. The predicted molar refractivity (Wildman–Crippen MR) is 130 cm³/mol. The summed E-state index contributed by atoms with van der Waals surface area (Å²) in [5.41, 5.74) is 1.71. The van der Waals surface area contributed by atoms with Crippen molar-refractivity contribution in [3.05, 3.63) is 64.3 Å². The highest BCUT2D eigenvalue weighted by Crippen LogP contribution is 2.35. The van der Waals surface area contributed by atoms with Gasteiger partial charge in [0, 0.05) is 44.1 Å². The van der Waals surface area contributed by atoms with Gasteiger partial charge < -0.3 is 10.2 Å². The summed E-state index contributed by atoms with van der Waals surface area (Å²) >= 11 is 0. The van der Waals surface area contributed by atoms with Gasteiger partial charge in [0.1, 0.15) is 11.6 Å². The van der Waals surface area contributed by atoms with Crippen LogP contribution < -0.4 is 10.9 Å². The molecule has 3 heterocycles. The smallest absolute Gasteiger partial charge is 0.261 e. The Morgan fingerprint density at radius 3 is 2.59 bits per heavy atom. The Labute approximate surface area is 198 Å². The molecule has 0 atom stereocenters. The van der Waals surface area contributed by atoms with E-state index < -0.39 is 0 Å². The number of likely N-dealkylation sites (tertiary alicyclic amines) is 1. The maximum atomic E-state index is 13.0. The molecule has 0 unspecified atom stereocenters. The first-order valence-corrected chi connectivity index (χ1v) is 12.0. The number of carbonyl (C=O) groups excluding carboxylic acids is 2. The van der Waals surface area contributed by atoms with Crippen LogP contribution in [0.1, 0.15) is 49.5 Å². The Hall–Kier alpha value is -3.55. The van der Waals surface area contributed by atoms with E-state index in [0.717, 1.165) is 18.4 Å². The van der Waals surface area contributed by atoms with E-state index in [1.165, 1.54) is 0 Å². The SMILES string of the molecule is Cc1ccnc(NC(=O)C2CCN(C(=O)CCc3nc4ccccc4c(=O)n3C3CC3)CC2)c1. The molecule has 0 bridgehead atoms. The van der Waals surface area contributed by atoms with Crippen molar-refractivity contribution >= 4 is 28.5 Å². The number of amides is 2. The van der Waals surface area contributed by atoms with Gasteiger partial charge in [-0.05, 0) is 62.4 Å². The van der Waals surface area contributed by atoms with Gasteiger partial charge in [-0.3, -0.25) is 19.0 Å². The van der Waals surface area contributed by atoms with Crippen molar-refractivity contribution in [3.8, 4) is 0 Å². The fourth-order valence-corrected chi connectivity index (χ4v) is 4.68. The second-order valence-electron chi connectivity index (χ2n) is 9.31. The monoisotopic (exact) mass is 459 g/mol. The lowest BCUT2D eigenvalue weighted by molar-refractivity contribution is -0.134. The molecule has 1 saturated heterocycles. The summed E-state index contributed by atoms with van der Waals surface area (Å²) in [5.74, 6) is 1.13. The second-order valence-corrected chi connectivity index (χ2v) is 9.31. The number of aromatic nitrogens is 3. The summed E-state index contributed by atoms with van der Waals surface area (Å²) in [6.07, 6.45) is 5.65. The van der Waals surface area contributed by atoms with Gasteiger partial charge in [0.15, 0.2) is 0 Å². The van der Waals surface area contributed by atoms with E-state index in [-0.39, 0.29) is 29.3 Å². The molecule has 8 heteroatoms. The Bertz CT molecular complexity index is 1290. The number of rotatable bonds is 6. The number of pyridine rings is 1. The Kier molecular flexibility index (Phi) is 6.13. The number of hydrogen-bond donors (Lipinski definition) is 1. The van der Waals surface area contributed by atoms with Crippen LogP contribution in [-0.2, 0) is 16.0 Å². The van der Waals surface area contributed by atoms with E-state index in [4.69, 9.17) is 4.98 Å². The lowest BCUT2D eigenvalue weighted by Crippen LogP contribution is -2.41. The second kappa shape index (κ2) is 9.37. The minimum absolute atomic E-state index is 0.00882. The highest BCUT2D eigenvalue weighted by atomic mass is 16.2. The maximum absolute atomic E-state index is 13.0. The predicted octanol–water partition coefficient (Wildman–Crippen LogP) is 3.24. The normalized spacial score (nSPS) is 16.6. The number of benzene rings is 1. The van der Waals surface area contributed by atoms with Crippen LogP contribution in [0, 0.1) is 12.8 Å². The molecule has 8 nitrogen and oxygen atoms in total. The van der Waals surface area contributed by atoms with Crippen molar-refractivity contribution in [1.82, 2.24) is 19.4 Å². The highest BCUT2D eigenvalue weighted by Gasteiger charge is 2.30. The standard InChI is InChI=1S/C26H29N5O3/c1-17-10-13-27-22(16-17)29-25(33)18-11-14-30(15-12-18)24(32)9-8-23-28-21-5-3-2-4-20(21)26(34)31(23)19-6-7-19/h2-5,10,13,16,18-19H,6-9,11-12,14-15H2,1H3,(H,27,29,33). The average molecular weight is 460 g/mol. The summed E-state index contributed by atoms with van der Waals surface area (Å²) < 4.78 is 1.80. The molecule has 2 amide bonds. The number of hydrogen-bond acceptors (Lipinski definition) is 5. The zero-order chi connectivity index (χ0) is 23.7. The molecule has 3 aromatic rings. The van der Waals surface area contributed by atoms with Gasteiger partial charge in [-0.15, -0.1) is 0 Å². The van der Waals surface area contributed by atoms with Crippen molar-refractivity contribution in [3.63, 3.8) is 0 Å². The number of nitrogens with one attached hydrogen (secondary N) is 1. The van der Waals surface area contributed by atoms with Gasteiger partial charge >= 0.3 is 0 Å². The molecular weight excluding hydrogens is 430 g/mol. The van der Waals surface area contributed by atoms with Crippen molar-refractivity contribution in [1.29, 1.82) is 0 Å². The van der Waals surface area contributed by atoms with Crippen LogP contribution in [-0.4, -0.2) is 44.3 Å². The molecule has 176 valence electrons. The van der Waals surface area contributed by atoms with Gasteiger partial charge in [-0.1, -0.05) is 12.1 Å². The summed E-state index contributed by atoms with van der Waals surface area (Å²) in [6, 6.07) is 11.3. The van der Waals surface area contributed by atoms with Crippen LogP contribution in [0.2, 0.25) is 0 Å². The van der Waals surface area contributed by atoms with Gasteiger partial charge in [0.2, 0.25) is 11.8 Å². The third kappa shape index (κ3) is 4.71. The molecule has 5 rings (SSSR count).